The molecule has 25 heavy (non-hydrogen) atoms. The van der Waals surface area contributed by atoms with E-state index in [4.69, 9.17) is 11.6 Å². The Morgan fingerprint density at radius 3 is 2.68 bits per heavy atom. The van der Waals surface area contributed by atoms with Crippen LogP contribution in [0.1, 0.15) is 20.3 Å². The Labute approximate surface area is 154 Å². The van der Waals surface area contributed by atoms with Gasteiger partial charge in [0.1, 0.15) is 6.04 Å². The van der Waals surface area contributed by atoms with E-state index in [1.54, 1.807) is 6.92 Å². The predicted octanol–water partition coefficient (Wildman–Crippen LogP) is 0.0758. The van der Waals surface area contributed by atoms with Crippen LogP contribution in [0, 0.1) is 0 Å². The number of nitrogens with zero attached hydrogens (tertiary/aromatic N) is 1. The molecular formula is C18H28ClN4O2+. The van der Waals surface area contributed by atoms with Gasteiger partial charge in [0.05, 0.1) is 26.2 Å². The van der Waals surface area contributed by atoms with Crippen molar-refractivity contribution in [1.29, 1.82) is 0 Å². The van der Waals surface area contributed by atoms with Crippen LogP contribution >= 0.6 is 11.6 Å². The molecule has 2 rings (SSSR count). The average Bonchev–Trinajstić information content (AvgIpc) is 2.60. The molecular weight excluding hydrogens is 340 g/mol. The molecule has 1 saturated heterocycles. The predicted molar refractivity (Wildman–Crippen MR) is 100 cm³/mol. The molecule has 3 N–H and O–H groups in total. The van der Waals surface area contributed by atoms with Gasteiger partial charge in [-0.05, 0) is 31.5 Å². The summed E-state index contributed by atoms with van der Waals surface area (Å²) in [5, 5.41) is 6.31. The van der Waals surface area contributed by atoms with E-state index in [-0.39, 0.29) is 11.8 Å². The van der Waals surface area contributed by atoms with Gasteiger partial charge < -0.3 is 20.4 Å². The molecule has 0 saturated carbocycles. The number of benzene rings is 1. The minimum absolute atomic E-state index is 0.0784. The highest BCUT2D eigenvalue weighted by Crippen LogP contribution is 2.19. The fraction of sp³-hybridized carbons (Fsp3) is 0.556. The maximum absolute atomic E-state index is 12.2. The molecule has 7 heteroatoms. The molecule has 1 aromatic carbocycles. The van der Waals surface area contributed by atoms with Crippen LogP contribution in [0.25, 0.3) is 0 Å². The van der Waals surface area contributed by atoms with Gasteiger partial charge >= 0.3 is 0 Å². The third-order valence-electron chi connectivity index (χ3n) is 4.37. The molecule has 1 aliphatic rings. The zero-order valence-electron chi connectivity index (χ0n) is 15.0. The topological polar surface area (TPSA) is 65.9 Å². The number of nitrogens with one attached hydrogen (secondary N) is 3. The van der Waals surface area contributed by atoms with Crippen molar-refractivity contribution >= 4 is 29.1 Å². The van der Waals surface area contributed by atoms with Gasteiger partial charge in [-0.15, -0.1) is 0 Å². The van der Waals surface area contributed by atoms with Crippen molar-refractivity contribution in [2.75, 3.05) is 44.2 Å². The first-order valence-electron chi connectivity index (χ1n) is 8.90. The standard InChI is InChI=1S/C18H27ClN4O2/c1-3-7-20-18(25)14(2)21-17(24)13-22-8-10-23(11-9-22)16-6-4-5-15(19)12-16/h4-6,12,14H,3,7-11,13H2,1-2H3,(H,20,25)(H,21,24)/p+1/t14-/m0/s1. The minimum atomic E-state index is -0.494. The molecule has 0 unspecified atom stereocenters. The van der Waals surface area contributed by atoms with Gasteiger partial charge in [0.25, 0.3) is 5.91 Å². The number of carbonyl (C=O) groups excluding carboxylic acids is 2. The summed E-state index contributed by atoms with van der Waals surface area (Å²) in [7, 11) is 0. The summed E-state index contributed by atoms with van der Waals surface area (Å²) in [6.45, 7) is 8.29. The number of rotatable bonds is 7. The Morgan fingerprint density at radius 1 is 1.32 bits per heavy atom. The highest BCUT2D eigenvalue weighted by molar-refractivity contribution is 6.30. The van der Waals surface area contributed by atoms with E-state index < -0.39 is 6.04 Å². The lowest BCUT2D eigenvalue weighted by atomic mass is 10.2. The monoisotopic (exact) mass is 367 g/mol. The van der Waals surface area contributed by atoms with Crippen LogP contribution in [0.2, 0.25) is 5.02 Å². The Kier molecular flexibility index (Phi) is 7.52. The molecule has 138 valence electrons. The number of hydrogen-bond acceptors (Lipinski definition) is 3. The first kappa shape index (κ1) is 19.5. The van der Waals surface area contributed by atoms with Gasteiger partial charge in [0, 0.05) is 17.3 Å². The highest BCUT2D eigenvalue weighted by atomic mass is 35.5. The van der Waals surface area contributed by atoms with Crippen molar-refractivity contribution < 1.29 is 14.5 Å². The molecule has 1 atom stereocenters. The van der Waals surface area contributed by atoms with E-state index in [0.717, 1.165) is 43.3 Å². The van der Waals surface area contributed by atoms with Crippen LogP contribution in [-0.4, -0.2) is 57.1 Å². The highest BCUT2D eigenvalue weighted by Gasteiger charge is 2.24. The number of halogens is 1. The molecule has 1 heterocycles. The van der Waals surface area contributed by atoms with Gasteiger partial charge in [-0.1, -0.05) is 24.6 Å². The van der Waals surface area contributed by atoms with Crippen LogP contribution in [-0.2, 0) is 9.59 Å². The summed E-state index contributed by atoms with van der Waals surface area (Å²) in [5.74, 6) is -0.207. The fourth-order valence-electron chi connectivity index (χ4n) is 2.92. The van der Waals surface area contributed by atoms with Crippen molar-refractivity contribution in [3.8, 4) is 0 Å². The molecule has 0 bridgehead atoms. The third-order valence-corrected chi connectivity index (χ3v) is 4.61. The average molecular weight is 368 g/mol. The minimum Gasteiger partial charge on any atom is -0.360 e. The van der Waals surface area contributed by atoms with Gasteiger partial charge in [0.15, 0.2) is 6.54 Å². The van der Waals surface area contributed by atoms with Gasteiger partial charge in [-0.25, -0.2) is 0 Å². The molecule has 2 amide bonds. The maximum atomic E-state index is 12.2. The summed E-state index contributed by atoms with van der Waals surface area (Å²) in [4.78, 5) is 27.5. The number of quaternary nitrogens is 1. The number of carbonyl (C=O) groups is 2. The van der Waals surface area contributed by atoms with Crippen LogP contribution in [0.3, 0.4) is 0 Å². The van der Waals surface area contributed by atoms with Crippen molar-refractivity contribution in [2.24, 2.45) is 0 Å². The Bertz CT molecular complexity index is 588. The molecule has 0 aliphatic carbocycles. The fourth-order valence-corrected chi connectivity index (χ4v) is 3.10. The smallest absolute Gasteiger partial charge is 0.275 e. The molecule has 0 radical (unpaired) electrons. The molecule has 6 nitrogen and oxygen atoms in total. The molecule has 1 fully saturated rings. The Morgan fingerprint density at radius 2 is 2.04 bits per heavy atom. The summed E-state index contributed by atoms with van der Waals surface area (Å²) < 4.78 is 0. The molecule has 1 aromatic rings. The summed E-state index contributed by atoms with van der Waals surface area (Å²) in [6, 6.07) is 7.35. The Balaban J connectivity index is 1.74. The van der Waals surface area contributed by atoms with E-state index >= 15 is 0 Å². The van der Waals surface area contributed by atoms with Gasteiger partial charge in [-0.3, -0.25) is 9.59 Å². The summed E-state index contributed by atoms with van der Waals surface area (Å²) in [6.07, 6.45) is 0.882. The van der Waals surface area contributed by atoms with Crippen LogP contribution < -0.4 is 20.4 Å². The van der Waals surface area contributed by atoms with Crippen LogP contribution in [0.15, 0.2) is 24.3 Å². The normalized spacial score (nSPS) is 16.4. The molecule has 1 aliphatic heterocycles. The SMILES string of the molecule is CCCNC(=O)[C@H](C)NC(=O)C[NH+]1CCN(c2cccc(Cl)c2)CC1. The second kappa shape index (κ2) is 9.63. The summed E-state index contributed by atoms with van der Waals surface area (Å²) >= 11 is 6.05. The quantitative estimate of drug-likeness (QED) is 0.639. The number of piperazine rings is 1. The molecule has 0 spiro atoms. The van der Waals surface area contributed by atoms with E-state index in [1.165, 1.54) is 4.90 Å². The lowest BCUT2D eigenvalue weighted by Crippen LogP contribution is -3.16. The maximum Gasteiger partial charge on any atom is 0.275 e. The van der Waals surface area contributed by atoms with Gasteiger partial charge in [0.2, 0.25) is 5.91 Å². The zero-order chi connectivity index (χ0) is 18.2. The van der Waals surface area contributed by atoms with E-state index in [0.29, 0.717) is 13.1 Å². The second-order valence-electron chi connectivity index (χ2n) is 6.47. The van der Waals surface area contributed by atoms with Crippen LogP contribution in [0.5, 0.6) is 0 Å². The first-order chi connectivity index (χ1) is 12.0. The third kappa shape index (κ3) is 6.21. The summed E-state index contributed by atoms with van der Waals surface area (Å²) in [5.41, 5.74) is 1.12. The van der Waals surface area contributed by atoms with Gasteiger partial charge in [-0.2, -0.15) is 0 Å². The van der Waals surface area contributed by atoms with Crippen molar-refractivity contribution in [3.05, 3.63) is 29.3 Å². The lowest BCUT2D eigenvalue weighted by molar-refractivity contribution is -0.892. The lowest BCUT2D eigenvalue weighted by Gasteiger charge is -2.33. The van der Waals surface area contributed by atoms with Crippen molar-refractivity contribution in [1.82, 2.24) is 10.6 Å². The number of hydrogen-bond donors (Lipinski definition) is 3. The van der Waals surface area contributed by atoms with E-state index in [2.05, 4.69) is 21.6 Å². The first-order valence-corrected chi connectivity index (χ1v) is 9.28. The Hall–Kier alpha value is -1.79. The van der Waals surface area contributed by atoms with Crippen molar-refractivity contribution in [3.63, 3.8) is 0 Å². The van der Waals surface area contributed by atoms with Crippen LogP contribution in [0.4, 0.5) is 5.69 Å². The van der Waals surface area contributed by atoms with E-state index in [1.807, 2.05) is 25.1 Å². The number of amides is 2. The van der Waals surface area contributed by atoms with E-state index in [9.17, 15) is 9.59 Å². The molecule has 0 aromatic heterocycles. The van der Waals surface area contributed by atoms with Crippen molar-refractivity contribution in [2.45, 2.75) is 26.3 Å². The second-order valence-corrected chi connectivity index (χ2v) is 6.91. The largest absolute Gasteiger partial charge is 0.360 e. The number of anilines is 1. The zero-order valence-corrected chi connectivity index (χ0v) is 15.7.